The Morgan fingerprint density at radius 1 is 0.726 bits per heavy atom. The minimum absolute atomic E-state index is 0.0435. The number of benzene rings is 5. The summed E-state index contributed by atoms with van der Waals surface area (Å²) in [4.78, 5) is 58.5. The van der Waals surface area contributed by atoms with Gasteiger partial charge < -0.3 is 38.1 Å². The van der Waals surface area contributed by atoms with Crippen molar-refractivity contribution in [2.45, 2.75) is 3.12 Å². The Bertz CT molecular complexity index is 3020. The van der Waals surface area contributed by atoms with Gasteiger partial charge >= 0.3 is 5.97 Å². The number of hydrogen-bond acceptors (Lipinski definition) is 15. The van der Waals surface area contributed by atoms with Gasteiger partial charge in [-0.1, -0.05) is 107 Å². The topological polar surface area (TPSA) is 189 Å². The average Bonchev–Trinajstić information content (AvgIpc) is 3.64. The molecule has 8 rings (SSSR count). The summed E-state index contributed by atoms with van der Waals surface area (Å²) >= 11 is 23.2. The smallest absolute Gasteiger partial charge is 0.341 e. The van der Waals surface area contributed by atoms with Crippen molar-refractivity contribution in [3.63, 3.8) is 0 Å². The number of carbonyl (C=O) groups excluding carboxylic acids is 4. The molecule has 3 amide bonds. The fourth-order valence-corrected chi connectivity index (χ4v) is 8.17. The molecule has 376 valence electrons. The van der Waals surface area contributed by atoms with E-state index < -0.39 is 20.9 Å². The third-order valence-corrected chi connectivity index (χ3v) is 11.9. The molecule has 0 spiro atoms. The summed E-state index contributed by atoms with van der Waals surface area (Å²) in [6.45, 7) is 2.31. The zero-order valence-corrected chi connectivity index (χ0v) is 43.1. The van der Waals surface area contributed by atoms with Crippen LogP contribution in [0.15, 0.2) is 140 Å². The van der Waals surface area contributed by atoms with E-state index in [1.807, 2.05) is 42.5 Å². The first-order valence-corrected chi connectivity index (χ1v) is 23.8. The van der Waals surface area contributed by atoms with Gasteiger partial charge in [-0.05, 0) is 71.3 Å². The number of hydrogen-bond donors (Lipinski definition) is 0. The fourth-order valence-electron chi connectivity index (χ4n) is 6.85. The Morgan fingerprint density at radius 3 is 1.89 bits per heavy atom. The molecule has 0 unspecified atom stereocenters. The molecule has 0 bridgehead atoms. The van der Waals surface area contributed by atoms with E-state index >= 15 is 0 Å². The molecule has 3 heterocycles. The first-order chi connectivity index (χ1) is 35.2. The summed E-state index contributed by atoms with van der Waals surface area (Å²) in [5.41, 5.74) is 4.22. The van der Waals surface area contributed by atoms with Crippen LogP contribution in [0.5, 0.6) is 34.8 Å². The van der Waals surface area contributed by atoms with Gasteiger partial charge in [-0.25, -0.2) is 19.1 Å². The lowest BCUT2D eigenvalue weighted by Crippen LogP contribution is -2.39. The largest absolute Gasteiger partial charge is 0.503 e. The van der Waals surface area contributed by atoms with Crippen LogP contribution in [0.2, 0.25) is 5.02 Å². The number of nitrogens with zero attached hydrogens (tertiary/aromatic N) is 5. The maximum Gasteiger partial charge on any atom is 0.341 e. The number of nitriles is 1. The molecule has 0 radical (unpaired) electrons. The summed E-state index contributed by atoms with van der Waals surface area (Å²) in [5.74, 6) is 0.795. The standard InChI is InChI=1S/C22H17N3O5.C21H22ClNO4.C9H4Cl3NO2S/c1-27-13-17(22(26)28-2)16-8-4-6-10-19(16)30-21-11-20(24-14-25-21)29-18-9-5-3-7-15(18)12-23;1-25-19-8-5-16(13-20(19)26-2)18(15-3-6-17(22)7-4-15)14-21(24)23-9-11-27-12-10-23;10-9(11,12)16-13-7(14)5-3-1-2-4-6(5)8(13)15/h3-11,13-14H,1-2H3;3-8,13-14H,9-12H2,1-2H3;1-4H/b17-13+;18-14-;. The first-order valence-electron chi connectivity index (χ1n) is 21.6. The molecule has 1 aromatic heterocycles. The van der Waals surface area contributed by atoms with Crippen molar-refractivity contribution >= 4 is 93.2 Å². The maximum atomic E-state index is 12.8. The highest BCUT2D eigenvalue weighted by Crippen LogP contribution is 2.44. The number of imide groups is 1. The zero-order chi connectivity index (χ0) is 52.5. The third-order valence-electron chi connectivity index (χ3n) is 10.3. The van der Waals surface area contributed by atoms with Gasteiger partial charge in [0.2, 0.25) is 17.7 Å². The normalized spacial score (nSPS) is 13.2. The Labute approximate surface area is 444 Å². The Hall–Kier alpha value is -7.30. The molecule has 0 aliphatic carbocycles. The summed E-state index contributed by atoms with van der Waals surface area (Å²) < 4.78 is 36.6. The zero-order valence-electron chi connectivity index (χ0n) is 39.3. The number of morpholine rings is 1. The van der Waals surface area contributed by atoms with Crippen molar-refractivity contribution < 1.29 is 52.3 Å². The van der Waals surface area contributed by atoms with Gasteiger partial charge in [-0.15, -0.1) is 0 Å². The average molecular weight is 1090 g/mol. The highest BCUT2D eigenvalue weighted by atomic mass is 35.6. The minimum atomic E-state index is -1.74. The van der Waals surface area contributed by atoms with Gasteiger partial charge in [-0.2, -0.15) is 5.26 Å². The molecule has 0 N–H and O–H groups in total. The molecule has 16 nitrogen and oxygen atoms in total. The Balaban J connectivity index is 0.000000186. The highest BCUT2D eigenvalue weighted by Gasteiger charge is 2.40. The van der Waals surface area contributed by atoms with Crippen LogP contribution in [-0.2, 0) is 23.8 Å². The van der Waals surface area contributed by atoms with Crippen LogP contribution in [0.3, 0.4) is 0 Å². The van der Waals surface area contributed by atoms with E-state index in [9.17, 15) is 24.4 Å². The second-order valence-electron chi connectivity index (χ2n) is 14.8. The van der Waals surface area contributed by atoms with Crippen LogP contribution in [0.25, 0.3) is 11.1 Å². The number of rotatable bonds is 13. The van der Waals surface area contributed by atoms with Crippen molar-refractivity contribution in [3.05, 3.63) is 178 Å². The van der Waals surface area contributed by atoms with Crippen LogP contribution in [0.1, 0.15) is 43.0 Å². The van der Waals surface area contributed by atoms with Gasteiger partial charge in [0.05, 0.1) is 70.7 Å². The number of esters is 1. The highest BCUT2D eigenvalue weighted by molar-refractivity contribution is 8.03. The van der Waals surface area contributed by atoms with Crippen LogP contribution in [-0.4, -0.2) is 101 Å². The number of amides is 3. The molecule has 1 fully saturated rings. The predicted octanol–water partition coefficient (Wildman–Crippen LogP) is 11.0. The monoisotopic (exact) mass is 1090 g/mol. The molecule has 6 aromatic rings. The summed E-state index contributed by atoms with van der Waals surface area (Å²) in [7, 11) is 5.89. The van der Waals surface area contributed by atoms with Crippen LogP contribution in [0.4, 0.5) is 0 Å². The predicted molar refractivity (Wildman–Crippen MR) is 277 cm³/mol. The second kappa shape index (κ2) is 26.4. The quantitative estimate of drug-likeness (QED) is 0.0265. The molecule has 21 heteroatoms. The lowest BCUT2D eigenvalue weighted by atomic mass is 9.96. The number of carbonyl (C=O) groups is 4. The molecule has 0 saturated carbocycles. The summed E-state index contributed by atoms with van der Waals surface area (Å²) in [6.07, 6.45) is 4.21. The maximum absolute atomic E-state index is 12.8. The van der Waals surface area contributed by atoms with E-state index in [2.05, 4.69) is 16.0 Å². The number of methoxy groups -OCH3 is 4. The van der Waals surface area contributed by atoms with E-state index in [0.29, 0.717) is 88.5 Å². The van der Waals surface area contributed by atoms with E-state index in [1.54, 1.807) is 98.0 Å². The van der Waals surface area contributed by atoms with E-state index in [1.165, 1.54) is 32.9 Å². The molecule has 1 saturated heterocycles. The number of fused-ring (bicyclic) bond motifs is 1. The van der Waals surface area contributed by atoms with Gasteiger partial charge in [0.1, 0.15) is 29.5 Å². The van der Waals surface area contributed by atoms with Gasteiger partial charge in [0, 0.05) is 41.7 Å². The third kappa shape index (κ3) is 14.9. The van der Waals surface area contributed by atoms with Gasteiger partial charge in [0.15, 0.2) is 11.5 Å². The Kier molecular flexibility index (Phi) is 19.9. The van der Waals surface area contributed by atoms with E-state index in [4.69, 9.17) is 79.6 Å². The van der Waals surface area contributed by atoms with Crippen molar-refractivity contribution in [3.8, 4) is 40.8 Å². The fraction of sp³-hybridized carbons (Fsp3) is 0.173. The summed E-state index contributed by atoms with van der Waals surface area (Å²) in [5, 5.41) is 9.84. The summed E-state index contributed by atoms with van der Waals surface area (Å²) in [6, 6.07) is 36.7. The molecular weight excluding hydrogens is 1040 g/mol. The van der Waals surface area contributed by atoms with E-state index in [0.717, 1.165) is 21.0 Å². The van der Waals surface area contributed by atoms with Crippen LogP contribution >= 0.6 is 58.4 Å². The second-order valence-corrected chi connectivity index (χ2v) is 19.4. The number of ether oxygens (including phenoxy) is 7. The van der Waals surface area contributed by atoms with Crippen molar-refractivity contribution in [1.29, 1.82) is 5.26 Å². The van der Waals surface area contributed by atoms with Gasteiger partial charge in [-0.3, -0.25) is 14.4 Å². The lowest BCUT2D eigenvalue weighted by Gasteiger charge is -2.26. The van der Waals surface area contributed by atoms with Crippen LogP contribution < -0.4 is 18.9 Å². The molecule has 2 aliphatic heterocycles. The van der Waals surface area contributed by atoms with Crippen molar-refractivity contribution in [1.82, 2.24) is 19.2 Å². The molecular formula is C52H43Cl4N5O11S. The van der Waals surface area contributed by atoms with E-state index in [-0.39, 0.29) is 23.2 Å². The molecule has 0 atom stereocenters. The molecule has 73 heavy (non-hydrogen) atoms. The molecule has 2 aliphatic rings. The lowest BCUT2D eigenvalue weighted by molar-refractivity contribution is -0.134. The number of alkyl halides is 3. The minimum Gasteiger partial charge on any atom is -0.503 e. The van der Waals surface area contributed by atoms with Crippen molar-refractivity contribution in [2.75, 3.05) is 54.7 Å². The SMILES string of the molecule is CO/C=C(/C(=O)OC)c1ccccc1Oc1cc(Oc2ccccc2C#N)ncn1.COc1ccc(/C(=C\C(=O)N2CCOCC2)c2ccc(Cl)cc2)cc1OC.O=C1c2ccccc2C(=O)N1SC(Cl)(Cl)Cl. The molecule has 5 aromatic carbocycles. The first kappa shape index (κ1) is 55.0. The van der Waals surface area contributed by atoms with Gasteiger partial charge in [0.25, 0.3) is 14.9 Å². The van der Waals surface area contributed by atoms with Crippen LogP contribution in [0, 0.1) is 11.3 Å². The number of halogens is 4. The number of aromatic nitrogens is 2. The number of para-hydroxylation sites is 2. The van der Waals surface area contributed by atoms with Crippen molar-refractivity contribution in [2.24, 2.45) is 0 Å². The Morgan fingerprint density at radius 2 is 1.30 bits per heavy atom.